The minimum absolute atomic E-state index is 0.236. The molecule has 1 aromatic heterocycles. The van der Waals surface area contributed by atoms with Gasteiger partial charge in [0.15, 0.2) is 0 Å². The number of esters is 1. The van der Waals surface area contributed by atoms with Crippen molar-refractivity contribution in [2.75, 3.05) is 0 Å². The number of carbonyl (C=O) groups is 1. The molecule has 1 heterocycles. The molecule has 0 bridgehead atoms. The average molecular weight is 510 g/mol. The van der Waals surface area contributed by atoms with E-state index in [-0.39, 0.29) is 5.41 Å². The number of fused-ring (bicyclic) bond motifs is 1. The van der Waals surface area contributed by atoms with Crippen molar-refractivity contribution in [1.82, 2.24) is 4.98 Å². The third kappa shape index (κ3) is 6.84. The van der Waals surface area contributed by atoms with Crippen LogP contribution in [-0.4, -0.2) is 11.0 Å². The number of rotatable bonds is 7. The number of carbonyl (C=O) groups excluding carboxylic acids is 1. The summed E-state index contributed by atoms with van der Waals surface area (Å²) in [5, 5.41) is 0.835. The Hall–Kier alpha value is -3.50. The molecule has 1 aliphatic carbocycles. The molecule has 0 amide bonds. The number of ether oxygens (including phenoxy) is 1. The second-order valence-electron chi connectivity index (χ2n) is 10.3. The predicted molar refractivity (Wildman–Crippen MR) is 157 cm³/mol. The highest BCUT2D eigenvalue weighted by Gasteiger charge is 2.26. The van der Waals surface area contributed by atoms with E-state index < -0.39 is 5.97 Å². The van der Waals surface area contributed by atoms with Crippen molar-refractivity contribution in [3.8, 4) is 16.3 Å². The Bertz CT molecular complexity index is 1410. The Labute approximate surface area is 224 Å². The van der Waals surface area contributed by atoms with Crippen molar-refractivity contribution in [3.05, 3.63) is 107 Å². The van der Waals surface area contributed by atoms with Crippen LogP contribution < -0.4 is 4.74 Å². The average Bonchev–Trinajstić information content (AvgIpc) is 3.27. The van der Waals surface area contributed by atoms with Gasteiger partial charge in [0.1, 0.15) is 10.8 Å². The van der Waals surface area contributed by atoms with E-state index in [0.29, 0.717) is 5.75 Å². The van der Waals surface area contributed by atoms with E-state index in [0.717, 1.165) is 31.9 Å². The minimum atomic E-state index is -0.404. The summed E-state index contributed by atoms with van der Waals surface area (Å²) in [5.74, 6) is 0.106. The van der Waals surface area contributed by atoms with Gasteiger partial charge in [0.2, 0.25) is 0 Å². The van der Waals surface area contributed by atoms with Crippen molar-refractivity contribution in [2.45, 2.75) is 53.9 Å². The predicted octanol–water partition coefficient (Wildman–Crippen LogP) is 9.40. The monoisotopic (exact) mass is 509 g/mol. The summed E-state index contributed by atoms with van der Waals surface area (Å²) in [5.41, 5.74) is 6.94. The van der Waals surface area contributed by atoms with Crippen molar-refractivity contribution in [1.29, 1.82) is 0 Å². The topological polar surface area (TPSA) is 39.2 Å². The first-order valence-electron chi connectivity index (χ1n) is 12.8. The van der Waals surface area contributed by atoms with E-state index >= 15 is 0 Å². The molecule has 37 heavy (non-hydrogen) atoms. The van der Waals surface area contributed by atoms with Crippen LogP contribution in [-0.2, 0) is 4.79 Å². The van der Waals surface area contributed by atoms with Gasteiger partial charge < -0.3 is 4.74 Å². The minimum Gasteiger partial charge on any atom is -0.423 e. The van der Waals surface area contributed by atoms with Gasteiger partial charge in [0, 0.05) is 6.08 Å². The van der Waals surface area contributed by atoms with Gasteiger partial charge >= 0.3 is 5.97 Å². The molecule has 0 N–H and O–H groups in total. The molecule has 0 atom stereocenters. The summed E-state index contributed by atoms with van der Waals surface area (Å²) < 4.78 is 6.82. The summed E-state index contributed by atoms with van der Waals surface area (Å²) in [7, 11) is 0. The van der Waals surface area contributed by atoms with Crippen molar-refractivity contribution in [2.24, 2.45) is 5.41 Å². The van der Waals surface area contributed by atoms with Crippen LogP contribution in [0.25, 0.3) is 20.8 Å². The van der Waals surface area contributed by atoms with Gasteiger partial charge in [-0.15, -0.1) is 11.3 Å². The third-order valence-corrected chi connectivity index (χ3v) is 7.81. The molecule has 0 saturated heterocycles. The molecule has 0 spiro atoms. The smallest absolute Gasteiger partial charge is 0.336 e. The van der Waals surface area contributed by atoms with Gasteiger partial charge in [-0.05, 0) is 80.9 Å². The Morgan fingerprint density at radius 1 is 1.03 bits per heavy atom. The fourth-order valence-corrected chi connectivity index (χ4v) is 5.72. The molecule has 190 valence electrons. The highest BCUT2D eigenvalue weighted by molar-refractivity contribution is 7.21. The zero-order chi connectivity index (χ0) is 26.4. The van der Waals surface area contributed by atoms with Crippen LogP contribution in [0.3, 0.4) is 0 Å². The Morgan fingerprint density at radius 2 is 1.78 bits per heavy atom. The molecule has 1 aliphatic rings. The maximum atomic E-state index is 12.7. The summed E-state index contributed by atoms with van der Waals surface area (Å²) >= 11 is 1.59. The molecule has 0 radical (unpaired) electrons. The lowest BCUT2D eigenvalue weighted by Crippen LogP contribution is -2.19. The van der Waals surface area contributed by atoms with Gasteiger partial charge in [-0.25, -0.2) is 9.78 Å². The van der Waals surface area contributed by atoms with E-state index in [9.17, 15) is 4.79 Å². The summed E-state index contributed by atoms with van der Waals surface area (Å²) in [6, 6.07) is 15.5. The van der Waals surface area contributed by atoms with Crippen LogP contribution in [0.15, 0.2) is 107 Å². The number of benzene rings is 2. The zero-order valence-electron chi connectivity index (χ0n) is 22.4. The molecule has 0 unspecified atom stereocenters. The van der Waals surface area contributed by atoms with Crippen molar-refractivity contribution in [3.63, 3.8) is 0 Å². The second-order valence-corrected chi connectivity index (χ2v) is 11.4. The maximum Gasteiger partial charge on any atom is 0.336 e. The molecule has 3 nitrogen and oxygen atoms in total. The van der Waals surface area contributed by atoms with Gasteiger partial charge in [-0.1, -0.05) is 79.6 Å². The Balaban J connectivity index is 1.41. The first kappa shape index (κ1) is 26.6. The Morgan fingerprint density at radius 3 is 2.57 bits per heavy atom. The molecule has 0 saturated carbocycles. The van der Waals surface area contributed by atoms with Crippen LogP contribution in [0.2, 0.25) is 0 Å². The van der Waals surface area contributed by atoms with Crippen LogP contribution in [0.4, 0.5) is 0 Å². The van der Waals surface area contributed by atoms with E-state index in [1.165, 1.54) is 36.5 Å². The molecular formula is C33H35NO2S. The van der Waals surface area contributed by atoms with Gasteiger partial charge in [-0.3, -0.25) is 0 Å². The molecule has 0 fully saturated rings. The first-order valence-corrected chi connectivity index (χ1v) is 13.6. The normalized spacial score (nSPS) is 16.8. The molecular weight excluding hydrogens is 474 g/mol. The molecule has 2 aromatic carbocycles. The van der Waals surface area contributed by atoms with Crippen molar-refractivity contribution < 1.29 is 9.53 Å². The summed E-state index contributed by atoms with van der Waals surface area (Å²) in [4.78, 5) is 17.4. The first-order chi connectivity index (χ1) is 17.7. The van der Waals surface area contributed by atoms with Crippen LogP contribution in [0.1, 0.15) is 53.9 Å². The summed E-state index contributed by atoms with van der Waals surface area (Å²) in [6.45, 7) is 10.9. The number of aromatic nitrogens is 1. The highest BCUT2D eigenvalue weighted by atomic mass is 32.1. The van der Waals surface area contributed by atoms with Crippen LogP contribution >= 0.6 is 11.3 Å². The van der Waals surface area contributed by atoms with Gasteiger partial charge in [0.05, 0.1) is 15.8 Å². The Kier molecular flexibility index (Phi) is 8.40. The van der Waals surface area contributed by atoms with Crippen LogP contribution in [0.5, 0.6) is 5.75 Å². The fourth-order valence-electron chi connectivity index (χ4n) is 4.72. The SMILES string of the molecule is CC1=C(/C=C/C(C)=C/C=C/C(C)=C/C(=O)Oc2ccccc2-c2nc3ccccc3s2)C(C)(C)CCC1. The van der Waals surface area contributed by atoms with E-state index in [1.807, 2.05) is 67.6 Å². The number of thiazole rings is 1. The number of allylic oxidation sites excluding steroid dienone is 9. The molecule has 0 aliphatic heterocycles. The largest absolute Gasteiger partial charge is 0.423 e. The lowest BCUT2D eigenvalue weighted by atomic mass is 9.72. The second kappa shape index (κ2) is 11.7. The number of nitrogens with zero attached hydrogens (tertiary/aromatic N) is 1. The van der Waals surface area contributed by atoms with E-state index in [2.05, 4.69) is 45.9 Å². The number of para-hydroxylation sites is 2. The van der Waals surface area contributed by atoms with E-state index in [1.54, 1.807) is 11.3 Å². The van der Waals surface area contributed by atoms with E-state index in [4.69, 9.17) is 9.72 Å². The van der Waals surface area contributed by atoms with Gasteiger partial charge in [-0.2, -0.15) is 0 Å². The number of hydrogen-bond acceptors (Lipinski definition) is 4. The zero-order valence-corrected chi connectivity index (χ0v) is 23.2. The third-order valence-electron chi connectivity index (χ3n) is 6.74. The van der Waals surface area contributed by atoms with Crippen molar-refractivity contribution >= 4 is 27.5 Å². The lowest BCUT2D eigenvalue weighted by molar-refractivity contribution is -0.129. The highest BCUT2D eigenvalue weighted by Crippen LogP contribution is 2.41. The quantitative estimate of drug-likeness (QED) is 0.138. The molecule has 3 aromatic rings. The van der Waals surface area contributed by atoms with Crippen LogP contribution in [0, 0.1) is 5.41 Å². The molecule has 4 heteroatoms. The lowest BCUT2D eigenvalue weighted by Gasteiger charge is -2.32. The standard InChI is InChI=1S/C33H35NO2S/c1-23(19-20-27-25(3)14-11-21-33(27,4)5)12-10-13-24(2)22-31(35)36-29-17-8-6-15-26(29)32-34-28-16-7-9-18-30(28)37-32/h6-10,12-13,15-20,22H,11,14,21H2,1-5H3/b13-10+,20-19+,23-12+,24-22+. The maximum absolute atomic E-state index is 12.7. The number of hydrogen-bond donors (Lipinski definition) is 0. The van der Waals surface area contributed by atoms with Gasteiger partial charge in [0.25, 0.3) is 0 Å². The fraction of sp³-hybridized carbons (Fsp3) is 0.273. The molecule has 4 rings (SSSR count). The summed E-state index contributed by atoms with van der Waals surface area (Å²) in [6.07, 6.45) is 15.6.